The van der Waals surface area contributed by atoms with Gasteiger partial charge in [-0.3, -0.25) is 4.79 Å². The quantitative estimate of drug-likeness (QED) is 0.172. The molecular formula is C31H62N2O8. The van der Waals surface area contributed by atoms with Crippen LogP contribution in [0, 0.1) is 17.3 Å². The van der Waals surface area contributed by atoms with Gasteiger partial charge in [0.05, 0.1) is 41.5 Å². The highest BCUT2D eigenvalue weighted by atomic mass is 16.7. The summed E-state index contributed by atoms with van der Waals surface area (Å²) in [5.41, 5.74) is -2.66. The molecule has 41 heavy (non-hydrogen) atoms. The number of aliphatic hydroxyl groups is 4. The van der Waals surface area contributed by atoms with Crippen molar-refractivity contribution < 1.29 is 39.8 Å². The molecule has 1 fully saturated rings. The maximum Gasteiger partial charge on any atom is 0.308 e. The second-order valence-electron chi connectivity index (χ2n) is 14.5. The monoisotopic (exact) mass is 590 g/mol. The normalized spacial score (nSPS) is 28.9. The predicted molar refractivity (Wildman–Crippen MR) is 161 cm³/mol. The van der Waals surface area contributed by atoms with Gasteiger partial charge in [-0.15, -0.1) is 0 Å². The first kappa shape index (κ1) is 38.2. The molecule has 0 bridgehead atoms. The van der Waals surface area contributed by atoms with Crippen molar-refractivity contribution in [3.05, 3.63) is 0 Å². The molecule has 244 valence electrons. The Balaban J connectivity index is 2.98. The highest BCUT2D eigenvalue weighted by Crippen LogP contribution is 2.37. The maximum atomic E-state index is 12.0. The molecule has 10 nitrogen and oxygen atoms in total. The van der Waals surface area contributed by atoms with Crippen LogP contribution < -0.4 is 0 Å². The molecule has 5 N–H and O–H groups in total. The molecule has 5 unspecified atom stereocenters. The van der Waals surface area contributed by atoms with Gasteiger partial charge in [-0.05, 0) is 86.4 Å². The number of carboxylic acid groups (broad SMARTS) is 1. The average Bonchev–Trinajstić information content (AvgIpc) is 2.81. The predicted octanol–water partition coefficient (Wildman–Crippen LogP) is 2.94. The summed E-state index contributed by atoms with van der Waals surface area (Å²) in [5, 5.41) is 53.5. The molecule has 0 radical (unpaired) electrons. The number of aliphatic carboxylic acids is 1. The third-order valence-electron chi connectivity index (χ3n) is 8.93. The summed E-state index contributed by atoms with van der Waals surface area (Å²) >= 11 is 0. The number of carbonyl (C=O) groups is 1. The van der Waals surface area contributed by atoms with Gasteiger partial charge in [0.15, 0.2) is 6.29 Å². The second kappa shape index (κ2) is 15.2. The molecule has 11 atom stereocenters. The minimum Gasteiger partial charge on any atom is -0.481 e. The molecule has 1 heterocycles. The van der Waals surface area contributed by atoms with Crippen LogP contribution in [0.4, 0.5) is 0 Å². The van der Waals surface area contributed by atoms with E-state index in [1.165, 1.54) is 0 Å². The zero-order valence-corrected chi connectivity index (χ0v) is 27.8. The third kappa shape index (κ3) is 11.3. The van der Waals surface area contributed by atoms with Gasteiger partial charge < -0.3 is 44.8 Å². The van der Waals surface area contributed by atoms with Crippen molar-refractivity contribution in [1.82, 2.24) is 9.80 Å². The lowest BCUT2D eigenvalue weighted by molar-refractivity contribution is -0.262. The van der Waals surface area contributed by atoms with Gasteiger partial charge in [0.25, 0.3) is 0 Å². The number of carboxylic acids is 1. The van der Waals surface area contributed by atoms with Crippen molar-refractivity contribution in [3.63, 3.8) is 0 Å². The zero-order valence-electron chi connectivity index (χ0n) is 27.8. The van der Waals surface area contributed by atoms with Crippen molar-refractivity contribution in [2.24, 2.45) is 17.3 Å². The largest absolute Gasteiger partial charge is 0.481 e. The van der Waals surface area contributed by atoms with E-state index in [0.717, 1.165) is 6.42 Å². The summed E-state index contributed by atoms with van der Waals surface area (Å²) in [4.78, 5) is 16.0. The lowest BCUT2D eigenvalue weighted by Crippen LogP contribution is -2.54. The van der Waals surface area contributed by atoms with Crippen LogP contribution in [0.1, 0.15) is 94.4 Å². The molecule has 0 aromatic carbocycles. The van der Waals surface area contributed by atoms with E-state index in [2.05, 4.69) is 13.8 Å². The fourth-order valence-corrected chi connectivity index (χ4v) is 6.89. The molecular weight excluding hydrogens is 528 g/mol. The third-order valence-corrected chi connectivity index (χ3v) is 8.93. The zero-order chi connectivity index (χ0) is 32.1. The molecule has 0 saturated carbocycles. The molecule has 0 aliphatic carbocycles. The first-order chi connectivity index (χ1) is 18.5. The summed E-state index contributed by atoms with van der Waals surface area (Å²) < 4.78 is 12.2. The van der Waals surface area contributed by atoms with Crippen LogP contribution >= 0.6 is 0 Å². The molecule has 0 amide bonds. The van der Waals surface area contributed by atoms with Gasteiger partial charge in [0, 0.05) is 25.0 Å². The lowest BCUT2D eigenvalue weighted by Gasteiger charge is -2.44. The van der Waals surface area contributed by atoms with E-state index in [1.54, 1.807) is 27.7 Å². The first-order valence-electron chi connectivity index (χ1n) is 15.3. The fraction of sp³-hybridized carbons (Fsp3) is 0.968. The summed E-state index contributed by atoms with van der Waals surface area (Å²) in [7, 11) is 5.68. The minimum atomic E-state index is -1.19. The van der Waals surface area contributed by atoms with Gasteiger partial charge in [0.1, 0.15) is 0 Å². The van der Waals surface area contributed by atoms with Crippen LogP contribution in [-0.2, 0) is 14.3 Å². The fourth-order valence-electron chi connectivity index (χ4n) is 6.89. The van der Waals surface area contributed by atoms with Gasteiger partial charge in [0.2, 0.25) is 0 Å². The minimum absolute atomic E-state index is 0.188. The number of ether oxygens (including phenoxy) is 2. The van der Waals surface area contributed by atoms with Crippen molar-refractivity contribution in [3.8, 4) is 0 Å². The number of nitrogens with zero attached hydrogens (tertiary/aromatic N) is 2. The van der Waals surface area contributed by atoms with E-state index >= 15 is 0 Å². The first-order valence-corrected chi connectivity index (χ1v) is 15.3. The lowest BCUT2D eigenvalue weighted by atomic mass is 9.75. The Morgan fingerprint density at radius 1 is 1.10 bits per heavy atom. The van der Waals surface area contributed by atoms with Crippen LogP contribution in [0.2, 0.25) is 0 Å². The summed E-state index contributed by atoms with van der Waals surface area (Å²) in [6, 6.07) is -0.483. The average molecular weight is 591 g/mol. The Morgan fingerprint density at radius 2 is 1.66 bits per heavy atom. The highest BCUT2D eigenvalue weighted by Gasteiger charge is 2.43. The van der Waals surface area contributed by atoms with Crippen molar-refractivity contribution in [1.29, 1.82) is 0 Å². The van der Waals surface area contributed by atoms with E-state index < -0.39 is 53.8 Å². The SMILES string of the molecule is CCC[C@@](C)(O)[C@H](O)[C@@H](C)N(C)CC(C)(C)C[C@@](C)(O)C[C@@H](C)C(OC1CC(N(C)C)C(O)C(C)O1)[C@@H](C)C(=O)O. The van der Waals surface area contributed by atoms with Crippen LogP contribution in [0.5, 0.6) is 0 Å². The molecule has 0 aromatic heterocycles. The maximum absolute atomic E-state index is 12.0. The smallest absolute Gasteiger partial charge is 0.308 e. The van der Waals surface area contributed by atoms with Crippen LogP contribution in [0.15, 0.2) is 0 Å². The molecule has 0 spiro atoms. The van der Waals surface area contributed by atoms with E-state index in [4.69, 9.17) is 9.47 Å². The molecule has 0 aromatic rings. The molecule has 10 heteroatoms. The Labute approximate surface area is 249 Å². The summed E-state index contributed by atoms with van der Waals surface area (Å²) in [5.74, 6) is -2.12. The number of hydrogen-bond donors (Lipinski definition) is 5. The Bertz CT molecular complexity index is 805. The number of likely N-dealkylation sites (N-methyl/N-ethyl adjacent to an activating group) is 2. The number of rotatable bonds is 17. The van der Waals surface area contributed by atoms with E-state index in [9.17, 15) is 30.3 Å². The summed E-state index contributed by atoms with van der Waals surface area (Å²) in [6.07, 6.45) is -1.04. The summed E-state index contributed by atoms with van der Waals surface area (Å²) in [6.45, 7) is 17.3. The Morgan fingerprint density at radius 3 is 2.15 bits per heavy atom. The number of aliphatic hydroxyl groups excluding tert-OH is 2. The molecule has 1 rings (SSSR count). The van der Waals surface area contributed by atoms with Crippen molar-refractivity contribution >= 4 is 5.97 Å². The van der Waals surface area contributed by atoms with Crippen molar-refractivity contribution in [2.45, 2.75) is 148 Å². The van der Waals surface area contributed by atoms with Gasteiger partial charge in [-0.2, -0.15) is 0 Å². The molecule has 1 aliphatic heterocycles. The Hall–Kier alpha value is -0.850. The van der Waals surface area contributed by atoms with Gasteiger partial charge >= 0.3 is 5.97 Å². The van der Waals surface area contributed by atoms with E-state index in [1.807, 2.05) is 51.7 Å². The number of hydrogen-bond acceptors (Lipinski definition) is 9. The highest BCUT2D eigenvalue weighted by molar-refractivity contribution is 5.70. The van der Waals surface area contributed by atoms with Crippen LogP contribution in [-0.4, -0.2) is 123 Å². The van der Waals surface area contributed by atoms with E-state index in [-0.39, 0.29) is 23.4 Å². The van der Waals surface area contributed by atoms with Crippen LogP contribution in [0.25, 0.3) is 0 Å². The molecule has 1 aliphatic rings. The molecule has 1 saturated heterocycles. The Kier molecular flexibility index (Phi) is 14.2. The van der Waals surface area contributed by atoms with Gasteiger partial charge in [-0.25, -0.2) is 0 Å². The second-order valence-corrected chi connectivity index (χ2v) is 14.5. The van der Waals surface area contributed by atoms with Crippen LogP contribution in [0.3, 0.4) is 0 Å². The topological polar surface area (TPSA) is 143 Å². The van der Waals surface area contributed by atoms with E-state index in [0.29, 0.717) is 32.2 Å². The standard InChI is InChI=1S/C31H62N2O8/c1-13-14-31(9,39)27(35)21(4)33(12)18-29(6,7)17-30(8,38)16-19(2)26(20(3)28(36)37)41-24-15-23(32(10)11)25(34)22(5)40-24/h19-27,34-35,38-39H,13-18H2,1-12H3,(H,36,37)/t19-,20-,21-,22?,23?,24?,25?,26?,27-,30+,31-/m1/s1. The van der Waals surface area contributed by atoms with Gasteiger partial charge in [-0.1, -0.05) is 34.1 Å². The van der Waals surface area contributed by atoms with Crippen molar-refractivity contribution in [2.75, 3.05) is 27.7 Å².